The van der Waals surface area contributed by atoms with Crippen molar-refractivity contribution in [1.82, 2.24) is 4.90 Å². The molecule has 1 unspecified atom stereocenters. The zero-order valence-corrected chi connectivity index (χ0v) is 13.4. The van der Waals surface area contributed by atoms with Crippen LogP contribution in [0, 0.1) is 11.6 Å². The summed E-state index contributed by atoms with van der Waals surface area (Å²) < 4.78 is 32.6. The van der Waals surface area contributed by atoms with E-state index in [4.69, 9.17) is 4.74 Å². The second-order valence-corrected chi connectivity index (χ2v) is 6.22. The summed E-state index contributed by atoms with van der Waals surface area (Å²) in [6.07, 6.45) is 0. The van der Waals surface area contributed by atoms with Crippen molar-refractivity contribution in [3.05, 3.63) is 33.8 Å². The number of hydrogen-bond donors (Lipinski definition) is 0. The van der Waals surface area contributed by atoms with Gasteiger partial charge in [-0.15, -0.1) is 0 Å². The molecule has 1 atom stereocenters. The summed E-state index contributed by atoms with van der Waals surface area (Å²) in [4.78, 5) is 1.97. The second-order valence-electron chi connectivity index (χ2n) is 4.07. The van der Waals surface area contributed by atoms with Gasteiger partial charge in [-0.3, -0.25) is 0 Å². The predicted octanol–water partition coefficient (Wildman–Crippen LogP) is 3.57. The predicted molar refractivity (Wildman–Crippen MR) is 75.0 cm³/mol. The van der Waals surface area contributed by atoms with E-state index < -0.39 is 11.6 Å². The molecule has 1 aromatic rings. The molecule has 6 heteroatoms. The van der Waals surface area contributed by atoms with Crippen LogP contribution in [0.2, 0.25) is 0 Å². The molecule has 0 radical (unpaired) electrons. The Balaban J connectivity index is 2.70. The summed E-state index contributed by atoms with van der Waals surface area (Å²) in [6.45, 7) is 1.40. The summed E-state index contributed by atoms with van der Waals surface area (Å²) in [5, 5.41) is 0. The molecule has 1 aromatic carbocycles. The second kappa shape index (κ2) is 7.53. The lowest BCUT2D eigenvalue weighted by atomic mass is 10.2. The van der Waals surface area contributed by atoms with E-state index in [1.54, 1.807) is 7.11 Å². The number of benzene rings is 1. The van der Waals surface area contributed by atoms with E-state index in [0.29, 0.717) is 13.2 Å². The number of hydrogen-bond acceptors (Lipinski definition) is 2. The number of rotatable bonds is 6. The van der Waals surface area contributed by atoms with E-state index in [9.17, 15) is 8.78 Å². The first-order valence-electron chi connectivity index (χ1n) is 5.39. The molecular formula is C12H15Br2F2NO. The molecule has 102 valence electrons. The Morgan fingerprint density at radius 3 is 2.67 bits per heavy atom. The molecule has 18 heavy (non-hydrogen) atoms. The van der Waals surface area contributed by atoms with Gasteiger partial charge >= 0.3 is 0 Å². The lowest BCUT2D eigenvalue weighted by Crippen LogP contribution is -2.28. The van der Waals surface area contributed by atoms with E-state index in [1.807, 2.05) is 11.9 Å². The topological polar surface area (TPSA) is 12.5 Å². The Morgan fingerprint density at radius 1 is 1.39 bits per heavy atom. The van der Waals surface area contributed by atoms with Crippen LogP contribution in [0.25, 0.3) is 0 Å². The molecule has 0 saturated carbocycles. The van der Waals surface area contributed by atoms with E-state index >= 15 is 0 Å². The van der Waals surface area contributed by atoms with Crippen molar-refractivity contribution in [3.8, 4) is 0 Å². The lowest BCUT2D eigenvalue weighted by Gasteiger charge is -2.20. The van der Waals surface area contributed by atoms with Crippen LogP contribution >= 0.6 is 31.9 Å². The summed E-state index contributed by atoms with van der Waals surface area (Å²) in [7, 11) is 3.42. The van der Waals surface area contributed by atoms with Gasteiger partial charge in [0.05, 0.1) is 15.9 Å². The quantitative estimate of drug-likeness (QED) is 0.547. The van der Waals surface area contributed by atoms with E-state index in [-0.39, 0.29) is 21.4 Å². The van der Waals surface area contributed by atoms with Gasteiger partial charge in [0, 0.05) is 25.8 Å². The average molecular weight is 387 g/mol. The maximum Gasteiger partial charge on any atom is 0.144 e. The van der Waals surface area contributed by atoms with Gasteiger partial charge in [-0.1, -0.05) is 15.9 Å². The molecule has 0 aliphatic heterocycles. The third-order valence-electron chi connectivity index (χ3n) is 2.42. The molecule has 1 rings (SSSR count). The fourth-order valence-corrected chi connectivity index (χ4v) is 2.75. The van der Waals surface area contributed by atoms with Crippen LogP contribution in [0.1, 0.15) is 5.56 Å². The maximum atomic E-state index is 13.8. The minimum atomic E-state index is -0.542. The smallest absolute Gasteiger partial charge is 0.144 e. The first-order chi connectivity index (χ1) is 8.45. The number of methoxy groups -OCH3 is 1. The van der Waals surface area contributed by atoms with E-state index in [2.05, 4.69) is 31.9 Å². The zero-order valence-electron chi connectivity index (χ0n) is 10.2. The maximum absolute atomic E-state index is 13.8. The van der Waals surface area contributed by atoms with Gasteiger partial charge in [0.25, 0.3) is 0 Å². The fourth-order valence-electron chi connectivity index (χ4n) is 1.62. The summed E-state index contributed by atoms with van der Waals surface area (Å²) in [5.74, 6) is -1.07. The van der Waals surface area contributed by atoms with Crippen LogP contribution in [-0.2, 0) is 11.3 Å². The molecule has 2 nitrogen and oxygen atoms in total. The Bertz CT molecular complexity index is 404. The van der Waals surface area contributed by atoms with Crippen molar-refractivity contribution < 1.29 is 13.5 Å². The molecule has 0 aliphatic rings. The molecule has 0 bridgehead atoms. The summed E-state index contributed by atoms with van der Waals surface area (Å²) in [6, 6.07) is 2.63. The van der Waals surface area contributed by atoms with Crippen LogP contribution in [-0.4, -0.2) is 37.0 Å². The normalized spacial score (nSPS) is 13.1. The highest BCUT2D eigenvalue weighted by Gasteiger charge is 2.15. The minimum absolute atomic E-state index is 0.0731. The number of halogens is 4. The molecule has 0 aliphatic carbocycles. The van der Waals surface area contributed by atoms with Crippen molar-refractivity contribution in [3.63, 3.8) is 0 Å². The molecule has 0 fully saturated rings. The summed E-state index contributed by atoms with van der Waals surface area (Å²) >= 11 is 6.50. The SMILES string of the molecule is COCC(Br)CN(C)Cc1c(F)ccc(Br)c1F. The van der Waals surface area contributed by atoms with E-state index in [1.165, 1.54) is 12.1 Å². The first-order valence-corrected chi connectivity index (χ1v) is 7.10. The molecule has 0 amide bonds. The van der Waals surface area contributed by atoms with Gasteiger partial charge in [-0.05, 0) is 35.1 Å². The summed E-state index contributed by atoms with van der Waals surface area (Å²) in [5.41, 5.74) is 0.0731. The van der Waals surface area contributed by atoms with Gasteiger partial charge in [0.1, 0.15) is 11.6 Å². The zero-order chi connectivity index (χ0) is 13.7. The van der Waals surface area contributed by atoms with Gasteiger partial charge in [0.15, 0.2) is 0 Å². The Hall–Kier alpha value is -0.0400. The highest BCUT2D eigenvalue weighted by molar-refractivity contribution is 9.10. The van der Waals surface area contributed by atoms with Crippen LogP contribution in [0.5, 0.6) is 0 Å². The molecule has 0 spiro atoms. The number of ether oxygens (including phenoxy) is 1. The van der Waals surface area contributed by atoms with Crippen molar-refractivity contribution in [1.29, 1.82) is 0 Å². The first kappa shape index (κ1) is 16.0. The van der Waals surface area contributed by atoms with Crippen LogP contribution < -0.4 is 0 Å². The third kappa shape index (κ3) is 4.57. The number of nitrogens with zero attached hydrogens (tertiary/aromatic N) is 1. The number of alkyl halides is 1. The minimum Gasteiger partial charge on any atom is -0.383 e. The fraction of sp³-hybridized carbons (Fsp3) is 0.500. The van der Waals surface area contributed by atoms with Gasteiger partial charge in [-0.2, -0.15) is 0 Å². The monoisotopic (exact) mass is 385 g/mol. The third-order valence-corrected chi connectivity index (χ3v) is 3.59. The van der Waals surface area contributed by atoms with Gasteiger partial charge in [0.2, 0.25) is 0 Å². The largest absolute Gasteiger partial charge is 0.383 e. The van der Waals surface area contributed by atoms with Crippen LogP contribution in [0.3, 0.4) is 0 Å². The van der Waals surface area contributed by atoms with Crippen LogP contribution in [0.4, 0.5) is 8.78 Å². The van der Waals surface area contributed by atoms with Crippen LogP contribution in [0.15, 0.2) is 16.6 Å². The Labute approximate surface area is 123 Å². The van der Waals surface area contributed by atoms with Crippen molar-refractivity contribution in [2.75, 3.05) is 27.3 Å². The molecule has 0 saturated heterocycles. The highest BCUT2D eigenvalue weighted by atomic mass is 79.9. The van der Waals surface area contributed by atoms with Gasteiger partial charge in [-0.25, -0.2) is 8.78 Å². The molecular weight excluding hydrogens is 372 g/mol. The molecule has 0 heterocycles. The Morgan fingerprint density at radius 2 is 2.06 bits per heavy atom. The van der Waals surface area contributed by atoms with Gasteiger partial charge < -0.3 is 9.64 Å². The lowest BCUT2D eigenvalue weighted by molar-refractivity contribution is 0.184. The molecule has 0 aromatic heterocycles. The Kier molecular flexibility index (Phi) is 6.70. The van der Waals surface area contributed by atoms with Crippen molar-refractivity contribution in [2.24, 2.45) is 0 Å². The molecule has 0 N–H and O–H groups in total. The highest BCUT2D eigenvalue weighted by Crippen LogP contribution is 2.22. The standard InChI is InChI=1S/C12H15Br2F2NO/c1-17(5-8(13)7-18-2)6-9-11(15)4-3-10(14)12(9)16/h3-4,8H,5-7H2,1-2H3. The average Bonchev–Trinajstić information content (AvgIpc) is 2.30. The van der Waals surface area contributed by atoms with Crippen molar-refractivity contribution >= 4 is 31.9 Å². The van der Waals surface area contributed by atoms with E-state index in [0.717, 1.165) is 0 Å². The van der Waals surface area contributed by atoms with Crippen molar-refractivity contribution in [2.45, 2.75) is 11.4 Å².